The second-order valence-corrected chi connectivity index (χ2v) is 6.84. The molecule has 5 nitrogen and oxygen atoms in total. The number of aromatic nitrogens is 1. The van der Waals surface area contributed by atoms with Gasteiger partial charge in [-0.2, -0.15) is 5.10 Å². The van der Waals surface area contributed by atoms with Crippen molar-refractivity contribution in [2.45, 2.75) is 0 Å². The lowest BCUT2D eigenvalue weighted by molar-refractivity contribution is 0.373. The summed E-state index contributed by atoms with van der Waals surface area (Å²) in [5.41, 5.74) is 2.51. The van der Waals surface area contributed by atoms with Crippen molar-refractivity contribution in [3.63, 3.8) is 0 Å². The molecule has 3 aromatic rings. The summed E-state index contributed by atoms with van der Waals surface area (Å²) >= 11 is 5.00. The lowest BCUT2D eigenvalue weighted by atomic mass is 10.2. The fourth-order valence-electron chi connectivity index (χ4n) is 2.34. The first-order valence-corrected chi connectivity index (χ1v) is 9.11. The molecule has 2 aromatic carbocycles. The number of nitrogens with zero attached hydrogens (tertiary/aromatic N) is 3. The molecule has 0 spiro atoms. The molecule has 1 aromatic heterocycles. The van der Waals surface area contributed by atoms with Crippen molar-refractivity contribution < 1.29 is 9.84 Å². The Morgan fingerprint density at radius 1 is 1.24 bits per heavy atom. The minimum atomic E-state index is 0.0589. The number of methoxy groups -OCH3 is 1. The number of phenols is 1. The molecule has 0 radical (unpaired) electrons. The minimum absolute atomic E-state index is 0.0589. The summed E-state index contributed by atoms with van der Waals surface area (Å²) in [6, 6.07) is 13.3. The number of aromatic hydroxyl groups is 1. The normalized spacial score (nSPS) is 12.0. The fourth-order valence-corrected chi connectivity index (χ4v) is 3.54. The average molecular weight is 418 g/mol. The minimum Gasteiger partial charge on any atom is -0.504 e. The van der Waals surface area contributed by atoms with Gasteiger partial charge in [-0.25, -0.2) is 4.68 Å². The van der Waals surface area contributed by atoms with Gasteiger partial charge in [0.05, 0.1) is 19.0 Å². The van der Waals surface area contributed by atoms with Crippen LogP contribution in [0.15, 0.2) is 62.4 Å². The Bertz CT molecular complexity index is 992. The molecule has 3 rings (SSSR count). The quantitative estimate of drug-likeness (QED) is 0.649. The zero-order valence-corrected chi connectivity index (χ0v) is 16.1. The van der Waals surface area contributed by atoms with E-state index < -0.39 is 0 Å². The van der Waals surface area contributed by atoms with Gasteiger partial charge in [0.1, 0.15) is 0 Å². The van der Waals surface area contributed by atoms with Gasteiger partial charge in [-0.15, -0.1) is 11.3 Å². The summed E-state index contributed by atoms with van der Waals surface area (Å²) in [7, 11) is 3.24. The maximum Gasteiger partial charge on any atom is 0.205 e. The maximum absolute atomic E-state index is 10.2. The zero-order chi connectivity index (χ0) is 17.8. The number of halogens is 1. The van der Waals surface area contributed by atoms with Gasteiger partial charge in [-0.05, 0) is 24.3 Å². The number of phenolic OH excluding ortho intramolecular Hbond substituents is 1. The van der Waals surface area contributed by atoms with E-state index in [0.29, 0.717) is 11.3 Å². The predicted molar refractivity (Wildman–Crippen MR) is 105 cm³/mol. The summed E-state index contributed by atoms with van der Waals surface area (Å²) in [5.74, 6) is 0.468. The van der Waals surface area contributed by atoms with Crippen LogP contribution in [0, 0.1) is 0 Å². The molecule has 128 valence electrons. The van der Waals surface area contributed by atoms with Gasteiger partial charge in [-0.1, -0.05) is 34.1 Å². The molecule has 0 bridgehead atoms. The number of rotatable bonds is 4. The van der Waals surface area contributed by atoms with E-state index in [-0.39, 0.29) is 5.75 Å². The van der Waals surface area contributed by atoms with Crippen LogP contribution >= 0.6 is 27.3 Å². The van der Waals surface area contributed by atoms with E-state index in [4.69, 9.17) is 4.74 Å². The van der Waals surface area contributed by atoms with Gasteiger partial charge < -0.3 is 9.84 Å². The van der Waals surface area contributed by atoms with E-state index >= 15 is 0 Å². The Labute approximate surface area is 157 Å². The van der Waals surface area contributed by atoms with E-state index in [9.17, 15) is 5.11 Å². The van der Waals surface area contributed by atoms with Crippen molar-refractivity contribution in [3.05, 3.63) is 62.7 Å². The highest BCUT2D eigenvalue weighted by Crippen LogP contribution is 2.28. The highest BCUT2D eigenvalue weighted by Gasteiger charge is 2.09. The summed E-state index contributed by atoms with van der Waals surface area (Å²) in [6.07, 6.45) is 1.60. The largest absolute Gasteiger partial charge is 0.504 e. The number of benzene rings is 2. The molecule has 1 heterocycles. The summed E-state index contributed by atoms with van der Waals surface area (Å²) in [4.78, 5) is 5.03. The van der Waals surface area contributed by atoms with Gasteiger partial charge in [-0.3, -0.25) is 4.99 Å². The van der Waals surface area contributed by atoms with Crippen LogP contribution in [-0.2, 0) is 0 Å². The lowest BCUT2D eigenvalue weighted by Crippen LogP contribution is -2.11. The van der Waals surface area contributed by atoms with E-state index in [1.165, 1.54) is 18.4 Å². The van der Waals surface area contributed by atoms with E-state index in [2.05, 4.69) is 26.0 Å². The van der Waals surface area contributed by atoms with Crippen LogP contribution in [0.1, 0.15) is 5.56 Å². The molecule has 0 unspecified atom stereocenters. The molecule has 0 amide bonds. The van der Waals surface area contributed by atoms with Crippen LogP contribution in [0.4, 0.5) is 0 Å². The number of para-hydroxylation sites is 1. The van der Waals surface area contributed by atoms with Crippen LogP contribution in [0.5, 0.6) is 11.5 Å². The molecule has 0 saturated heterocycles. The van der Waals surface area contributed by atoms with Crippen molar-refractivity contribution in [2.24, 2.45) is 10.1 Å². The van der Waals surface area contributed by atoms with E-state index in [1.807, 2.05) is 29.6 Å². The molecule has 0 atom stereocenters. The fraction of sp³-hybridized carbons (Fsp3) is 0.111. The highest BCUT2D eigenvalue weighted by molar-refractivity contribution is 9.10. The second kappa shape index (κ2) is 7.67. The smallest absolute Gasteiger partial charge is 0.205 e. The molecule has 0 aliphatic rings. The Morgan fingerprint density at radius 2 is 2.04 bits per heavy atom. The monoisotopic (exact) mass is 417 g/mol. The van der Waals surface area contributed by atoms with Crippen LogP contribution in [0.25, 0.3) is 11.3 Å². The third-order valence-electron chi connectivity index (χ3n) is 3.56. The molecule has 0 aliphatic carbocycles. The third kappa shape index (κ3) is 3.67. The molecule has 0 saturated carbocycles. The van der Waals surface area contributed by atoms with E-state index in [0.717, 1.165) is 20.5 Å². The summed E-state index contributed by atoms with van der Waals surface area (Å²) in [6.45, 7) is 0. The van der Waals surface area contributed by atoms with Crippen LogP contribution in [0.2, 0.25) is 0 Å². The maximum atomic E-state index is 10.2. The topological polar surface area (TPSA) is 59.1 Å². The molecular formula is C18H16BrN3O2S. The van der Waals surface area contributed by atoms with Crippen molar-refractivity contribution >= 4 is 33.5 Å². The lowest BCUT2D eigenvalue weighted by Gasteiger charge is -2.06. The number of ether oxygens (including phenoxy) is 1. The molecule has 0 aliphatic heterocycles. The SMILES string of the molecule is CN=c1scc(-c2cccc(Br)c2)n1N=Cc1cccc(OC)c1O. The predicted octanol–water partition coefficient (Wildman–Crippen LogP) is 4.11. The first kappa shape index (κ1) is 17.4. The van der Waals surface area contributed by atoms with Crippen LogP contribution in [0.3, 0.4) is 0 Å². The Balaban J connectivity index is 2.08. The standard InChI is InChI=1S/C18H16BrN3O2S/c1-20-18-22(15(11-25-18)12-5-3-7-14(19)9-12)21-10-13-6-4-8-16(24-2)17(13)23/h3-11,23H,1-2H3. The van der Waals surface area contributed by atoms with Gasteiger partial charge in [0.2, 0.25) is 4.80 Å². The molecule has 25 heavy (non-hydrogen) atoms. The van der Waals surface area contributed by atoms with Gasteiger partial charge in [0, 0.05) is 28.0 Å². The Morgan fingerprint density at radius 3 is 2.76 bits per heavy atom. The zero-order valence-electron chi connectivity index (χ0n) is 13.7. The van der Waals surface area contributed by atoms with Gasteiger partial charge in [0.15, 0.2) is 11.5 Å². The van der Waals surface area contributed by atoms with E-state index in [1.54, 1.807) is 36.1 Å². The van der Waals surface area contributed by atoms with Gasteiger partial charge >= 0.3 is 0 Å². The Hall–Kier alpha value is -2.38. The molecule has 0 fully saturated rings. The number of hydrogen-bond acceptors (Lipinski definition) is 5. The first-order valence-electron chi connectivity index (χ1n) is 7.43. The van der Waals surface area contributed by atoms with Crippen LogP contribution in [-0.4, -0.2) is 30.2 Å². The Kier molecular flexibility index (Phi) is 5.35. The van der Waals surface area contributed by atoms with Crippen molar-refractivity contribution in [2.75, 3.05) is 14.2 Å². The molecular weight excluding hydrogens is 402 g/mol. The summed E-state index contributed by atoms with van der Waals surface area (Å²) < 4.78 is 7.88. The van der Waals surface area contributed by atoms with Crippen molar-refractivity contribution in [1.82, 2.24) is 4.68 Å². The van der Waals surface area contributed by atoms with Gasteiger partial charge in [0.25, 0.3) is 0 Å². The first-order chi connectivity index (χ1) is 12.1. The average Bonchev–Trinajstić information content (AvgIpc) is 3.04. The number of hydrogen-bond donors (Lipinski definition) is 1. The molecule has 1 N–H and O–H groups in total. The van der Waals surface area contributed by atoms with Crippen LogP contribution < -0.4 is 9.54 Å². The second-order valence-electron chi connectivity index (χ2n) is 5.09. The number of thiazole rings is 1. The van der Waals surface area contributed by atoms with Crippen molar-refractivity contribution in [1.29, 1.82) is 0 Å². The highest BCUT2D eigenvalue weighted by atomic mass is 79.9. The summed E-state index contributed by atoms with van der Waals surface area (Å²) in [5, 5.41) is 16.7. The van der Waals surface area contributed by atoms with Crippen molar-refractivity contribution in [3.8, 4) is 22.8 Å². The third-order valence-corrected chi connectivity index (χ3v) is 4.96. The molecule has 7 heteroatoms.